The monoisotopic (exact) mass is 401 g/mol. The number of hydrogen-bond donors (Lipinski definition) is 2. The van der Waals surface area contributed by atoms with Crippen LogP contribution in [0, 0.1) is 0 Å². The predicted octanol–water partition coefficient (Wildman–Crippen LogP) is 5.03. The molecule has 30 heavy (non-hydrogen) atoms. The average molecular weight is 402 g/mol. The van der Waals surface area contributed by atoms with Gasteiger partial charge in [-0.25, -0.2) is 0 Å². The van der Waals surface area contributed by atoms with Crippen LogP contribution in [0.1, 0.15) is 40.1 Å². The van der Waals surface area contributed by atoms with Gasteiger partial charge in [0.1, 0.15) is 0 Å². The van der Waals surface area contributed by atoms with Gasteiger partial charge in [0.15, 0.2) is 0 Å². The summed E-state index contributed by atoms with van der Waals surface area (Å²) >= 11 is 0. The molecule has 0 aliphatic rings. The summed E-state index contributed by atoms with van der Waals surface area (Å²) in [5.41, 5.74) is 3.69. The zero-order valence-electron chi connectivity index (χ0n) is 17.4. The minimum atomic E-state index is -0.184. The molecule has 5 nitrogen and oxygen atoms in total. The molecular formula is C25H27N3O2. The van der Waals surface area contributed by atoms with E-state index in [1.54, 1.807) is 36.4 Å². The highest BCUT2D eigenvalue weighted by molar-refractivity contribution is 6.06. The highest BCUT2D eigenvalue weighted by atomic mass is 16.2. The topological polar surface area (TPSA) is 61.4 Å². The van der Waals surface area contributed by atoms with Crippen molar-refractivity contribution in [2.75, 3.05) is 23.7 Å². The van der Waals surface area contributed by atoms with Crippen LogP contribution in [0.5, 0.6) is 0 Å². The summed E-state index contributed by atoms with van der Waals surface area (Å²) in [5.74, 6) is -0.367. The number of rotatable bonds is 8. The Morgan fingerprint density at radius 2 is 1.30 bits per heavy atom. The molecule has 154 valence electrons. The molecule has 2 N–H and O–H groups in total. The lowest BCUT2D eigenvalue weighted by atomic mass is 10.1. The first-order valence-corrected chi connectivity index (χ1v) is 10.2. The van der Waals surface area contributed by atoms with Gasteiger partial charge in [-0.15, -0.1) is 0 Å². The second-order valence-electron chi connectivity index (χ2n) is 7.01. The highest BCUT2D eigenvalue weighted by Gasteiger charge is 2.09. The Kier molecular flexibility index (Phi) is 7.35. The molecule has 0 bridgehead atoms. The Labute approximate surface area is 177 Å². The summed E-state index contributed by atoms with van der Waals surface area (Å²) in [6.07, 6.45) is 0. The molecule has 0 aromatic heterocycles. The molecule has 0 heterocycles. The maximum absolute atomic E-state index is 12.6. The molecule has 0 unspecified atom stereocenters. The van der Waals surface area contributed by atoms with Crippen LogP contribution in [-0.4, -0.2) is 29.8 Å². The van der Waals surface area contributed by atoms with Crippen LogP contribution < -0.4 is 10.6 Å². The fourth-order valence-corrected chi connectivity index (χ4v) is 3.15. The Bertz CT molecular complexity index is 981. The van der Waals surface area contributed by atoms with Crippen molar-refractivity contribution in [3.8, 4) is 0 Å². The molecule has 0 saturated carbocycles. The first-order chi connectivity index (χ1) is 14.6. The number of benzene rings is 3. The van der Waals surface area contributed by atoms with Crippen molar-refractivity contribution in [3.05, 3.63) is 95.6 Å². The summed E-state index contributed by atoms with van der Waals surface area (Å²) in [4.78, 5) is 27.2. The Morgan fingerprint density at radius 3 is 1.93 bits per heavy atom. The Hall–Kier alpha value is -3.44. The van der Waals surface area contributed by atoms with E-state index >= 15 is 0 Å². The first kappa shape index (κ1) is 21.3. The minimum Gasteiger partial charge on any atom is -0.322 e. The van der Waals surface area contributed by atoms with Crippen molar-refractivity contribution in [2.24, 2.45) is 0 Å². The molecule has 2 amide bonds. The van der Waals surface area contributed by atoms with E-state index in [2.05, 4.69) is 35.4 Å². The van der Waals surface area contributed by atoms with E-state index in [0.717, 1.165) is 30.9 Å². The first-order valence-electron chi connectivity index (χ1n) is 10.2. The van der Waals surface area contributed by atoms with Crippen molar-refractivity contribution in [3.63, 3.8) is 0 Å². The van der Waals surface area contributed by atoms with E-state index in [0.29, 0.717) is 16.8 Å². The average Bonchev–Trinajstić information content (AvgIpc) is 2.78. The van der Waals surface area contributed by atoms with Crippen LogP contribution >= 0.6 is 0 Å². The molecule has 3 aromatic carbocycles. The van der Waals surface area contributed by atoms with Gasteiger partial charge in [-0.3, -0.25) is 14.5 Å². The molecule has 5 heteroatoms. The minimum absolute atomic E-state index is 0.183. The fraction of sp³-hybridized carbons (Fsp3) is 0.200. The van der Waals surface area contributed by atoms with Gasteiger partial charge in [-0.05, 0) is 67.2 Å². The van der Waals surface area contributed by atoms with Gasteiger partial charge in [0.2, 0.25) is 0 Å². The van der Waals surface area contributed by atoms with Gasteiger partial charge in [-0.2, -0.15) is 0 Å². The number of nitrogens with one attached hydrogen (secondary N) is 2. The fourth-order valence-electron chi connectivity index (χ4n) is 3.15. The van der Waals surface area contributed by atoms with Gasteiger partial charge < -0.3 is 10.6 Å². The maximum atomic E-state index is 12.6. The number of nitrogens with zero attached hydrogens (tertiary/aromatic N) is 1. The summed E-state index contributed by atoms with van der Waals surface area (Å²) in [6.45, 7) is 7.11. The summed E-state index contributed by atoms with van der Waals surface area (Å²) < 4.78 is 0. The van der Waals surface area contributed by atoms with Crippen molar-refractivity contribution >= 4 is 23.2 Å². The Balaban J connectivity index is 1.61. The zero-order chi connectivity index (χ0) is 21.3. The molecule has 3 aromatic rings. The Morgan fingerprint density at radius 1 is 0.700 bits per heavy atom. The highest BCUT2D eigenvalue weighted by Crippen LogP contribution is 2.16. The third kappa shape index (κ3) is 5.78. The maximum Gasteiger partial charge on any atom is 0.255 e. The quantitative estimate of drug-likeness (QED) is 0.556. The van der Waals surface area contributed by atoms with Crippen LogP contribution in [0.15, 0.2) is 78.9 Å². The standard InChI is InChI=1S/C25H27N3O2/c1-3-28(4-2)18-19-9-8-12-23(17-19)27-25(30)21-13-15-22(16-14-21)26-24(29)20-10-6-5-7-11-20/h5-17H,3-4,18H2,1-2H3,(H,26,29)(H,27,30). The number of carbonyl (C=O) groups excluding carboxylic acids is 2. The molecule has 0 radical (unpaired) electrons. The van der Waals surface area contributed by atoms with Crippen molar-refractivity contribution in [1.29, 1.82) is 0 Å². The van der Waals surface area contributed by atoms with Gasteiger partial charge in [0.05, 0.1) is 0 Å². The molecule has 0 saturated heterocycles. The van der Waals surface area contributed by atoms with E-state index < -0.39 is 0 Å². The number of carbonyl (C=O) groups is 2. The molecular weight excluding hydrogens is 374 g/mol. The third-order valence-corrected chi connectivity index (χ3v) is 4.93. The summed E-state index contributed by atoms with van der Waals surface area (Å²) in [6, 6.07) is 23.8. The van der Waals surface area contributed by atoms with Crippen molar-refractivity contribution in [1.82, 2.24) is 4.90 Å². The lowest BCUT2D eigenvalue weighted by Crippen LogP contribution is -2.22. The van der Waals surface area contributed by atoms with Crippen molar-refractivity contribution in [2.45, 2.75) is 20.4 Å². The molecule has 0 aliphatic heterocycles. The van der Waals surface area contributed by atoms with Crippen LogP contribution in [0.4, 0.5) is 11.4 Å². The lowest BCUT2D eigenvalue weighted by molar-refractivity contribution is 0.102. The van der Waals surface area contributed by atoms with Crippen LogP contribution in [0.3, 0.4) is 0 Å². The van der Waals surface area contributed by atoms with Gasteiger partial charge in [0.25, 0.3) is 11.8 Å². The number of hydrogen-bond acceptors (Lipinski definition) is 3. The number of amides is 2. The number of anilines is 2. The summed E-state index contributed by atoms with van der Waals surface area (Å²) in [7, 11) is 0. The normalized spacial score (nSPS) is 10.6. The lowest BCUT2D eigenvalue weighted by Gasteiger charge is -2.18. The van der Waals surface area contributed by atoms with Crippen LogP contribution in [0.25, 0.3) is 0 Å². The molecule has 3 rings (SSSR count). The second-order valence-corrected chi connectivity index (χ2v) is 7.01. The molecule has 0 atom stereocenters. The smallest absolute Gasteiger partial charge is 0.255 e. The molecule has 0 aliphatic carbocycles. The third-order valence-electron chi connectivity index (χ3n) is 4.93. The molecule has 0 fully saturated rings. The van der Waals surface area contributed by atoms with Gasteiger partial charge in [-0.1, -0.05) is 44.2 Å². The van der Waals surface area contributed by atoms with Gasteiger partial charge >= 0.3 is 0 Å². The van der Waals surface area contributed by atoms with E-state index in [9.17, 15) is 9.59 Å². The SMILES string of the molecule is CCN(CC)Cc1cccc(NC(=O)c2ccc(NC(=O)c3ccccc3)cc2)c1. The van der Waals surface area contributed by atoms with E-state index in [1.165, 1.54) is 0 Å². The summed E-state index contributed by atoms with van der Waals surface area (Å²) in [5, 5.41) is 5.78. The van der Waals surface area contributed by atoms with Crippen LogP contribution in [-0.2, 0) is 6.54 Å². The van der Waals surface area contributed by atoms with E-state index in [1.807, 2.05) is 36.4 Å². The molecule has 0 spiro atoms. The largest absolute Gasteiger partial charge is 0.322 e. The predicted molar refractivity (Wildman–Crippen MR) is 122 cm³/mol. The van der Waals surface area contributed by atoms with E-state index in [-0.39, 0.29) is 11.8 Å². The second kappa shape index (κ2) is 10.4. The van der Waals surface area contributed by atoms with E-state index in [4.69, 9.17) is 0 Å². The van der Waals surface area contributed by atoms with Gasteiger partial charge in [0, 0.05) is 29.0 Å². The van der Waals surface area contributed by atoms with Crippen molar-refractivity contribution < 1.29 is 9.59 Å². The van der Waals surface area contributed by atoms with Crippen LogP contribution in [0.2, 0.25) is 0 Å². The zero-order valence-corrected chi connectivity index (χ0v) is 17.4.